The molecule has 0 saturated carbocycles. The van der Waals surface area contributed by atoms with Crippen LogP contribution in [0.25, 0.3) is 5.69 Å². The molecular weight excluding hydrogens is 343 g/mol. The number of piperidine rings is 1. The molecule has 1 saturated heterocycles. The number of aryl methyl sites for hydroxylation is 1. The van der Waals surface area contributed by atoms with Crippen LogP contribution in [-0.4, -0.2) is 33.1 Å². The Hall–Kier alpha value is -1.52. The monoisotopic (exact) mass is 364 g/mol. The van der Waals surface area contributed by atoms with Gasteiger partial charge in [0, 0.05) is 17.1 Å². The van der Waals surface area contributed by atoms with Crippen LogP contribution in [0.5, 0.6) is 0 Å². The minimum atomic E-state index is 0.451. The van der Waals surface area contributed by atoms with Crippen LogP contribution in [0.1, 0.15) is 44.4 Å². The first-order valence-corrected chi connectivity index (χ1v) is 9.06. The number of hydrogen-bond acceptors (Lipinski definition) is 3. The minimum absolute atomic E-state index is 0.451. The zero-order valence-electron chi connectivity index (χ0n) is 14.2. The number of halogens is 2. The molecule has 4 nitrogen and oxygen atoms in total. The second-order valence-corrected chi connectivity index (χ2v) is 7.23. The molecule has 2 atom stereocenters. The Bertz CT molecular complexity index is 743. The quantitative estimate of drug-likeness (QED) is 0.711. The predicted molar refractivity (Wildman–Crippen MR) is 101 cm³/mol. The Morgan fingerprint density at radius 1 is 1.21 bits per heavy atom. The molecule has 1 aliphatic rings. The zero-order chi connectivity index (χ0) is 17.3. The largest absolute Gasteiger partial charge is 0.292 e. The van der Waals surface area contributed by atoms with Crippen molar-refractivity contribution in [3.8, 4) is 5.69 Å². The molecule has 0 radical (unpaired) electrons. The van der Waals surface area contributed by atoms with E-state index >= 15 is 0 Å². The molecule has 2 aromatic rings. The van der Waals surface area contributed by atoms with Crippen LogP contribution in [0.3, 0.4) is 0 Å². The number of hydrazone groups is 1. The van der Waals surface area contributed by atoms with Crippen molar-refractivity contribution in [1.29, 1.82) is 0 Å². The van der Waals surface area contributed by atoms with Gasteiger partial charge in [-0.05, 0) is 58.2 Å². The standard InChI is InChI=1S/C18H22Cl2N4/c1-12-6-4-7-13(2)23(12)21-11-17-14(3)22-24(18(17)20)16-9-5-8-15(19)10-16/h5,8-13H,4,6-7H2,1-3H3/b21-11+. The number of benzene rings is 1. The second kappa shape index (κ2) is 7.16. The van der Waals surface area contributed by atoms with Crippen molar-refractivity contribution in [2.45, 2.75) is 52.1 Å². The summed E-state index contributed by atoms with van der Waals surface area (Å²) in [7, 11) is 0. The van der Waals surface area contributed by atoms with Gasteiger partial charge in [-0.1, -0.05) is 29.3 Å². The van der Waals surface area contributed by atoms with Crippen molar-refractivity contribution in [3.05, 3.63) is 45.7 Å². The zero-order valence-corrected chi connectivity index (χ0v) is 15.7. The molecule has 1 fully saturated rings. The number of hydrogen-bond donors (Lipinski definition) is 0. The summed E-state index contributed by atoms with van der Waals surface area (Å²) in [6.45, 7) is 6.38. The van der Waals surface area contributed by atoms with Gasteiger partial charge in [-0.2, -0.15) is 10.2 Å². The van der Waals surface area contributed by atoms with Crippen LogP contribution in [0.15, 0.2) is 29.4 Å². The Morgan fingerprint density at radius 3 is 2.58 bits per heavy atom. The molecule has 1 aromatic carbocycles. The lowest BCUT2D eigenvalue weighted by atomic mass is 10.00. The molecule has 0 spiro atoms. The lowest BCUT2D eigenvalue weighted by Gasteiger charge is -2.36. The van der Waals surface area contributed by atoms with Crippen molar-refractivity contribution in [1.82, 2.24) is 14.8 Å². The highest BCUT2D eigenvalue weighted by Gasteiger charge is 2.23. The van der Waals surface area contributed by atoms with Gasteiger partial charge in [0.05, 0.1) is 23.2 Å². The van der Waals surface area contributed by atoms with E-state index in [1.165, 1.54) is 19.3 Å². The normalized spacial score (nSPS) is 21.6. The summed E-state index contributed by atoms with van der Waals surface area (Å²) in [5, 5.41) is 12.6. The maximum atomic E-state index is 6.55. The average Bonchev–Trinajstić information content (AvgIpc) is 2.82. The van der Waals surface area contributed by atoms with E-state index in [0.717, 1.165) is 16.9 Å². The van der Waals surface area contributed by atoms with E-state index < -0.39 is 0 Å². The lowest BCUT2D eigenvalue weighted by Crippen LogP contribution is -2.39. The van der Waals surface area contributed by atoms with Crippen LogP contribution in [0.2, 0.25) is 10.2 Å². The third-order valence-electron chi connectivity index (χ3n) is 4.57. The van der Waals surface area contributed by atoms with Crippen LogP contribution < -0.4 is 0 Å². The number of rotatable bonds is 3. The molecule has 3 rings (SSSR count). The van der Waals surface area contributed by atoms with Crippen LogP contribution in [0.4, 0.5) is 0 Å². The van der Waals surface area contributed by atoms with Crippen molar-refractivity contribution in [2.75, 3.05) is 0 Å². The minimum Gasteiger partial charge on any atom is -0.292 e. The third-order valence-corrected chi connectivity index (χ3v) is 5.17. The van der Waals surface area contributed by atoms with Gasteiger partial charge >= 0.3 is 0 Å². The molecule has 0 aliphatic carbocycles. The summed E-state index contributed by atoms with van der Waals surface area (Å²) >= 11 is 12.6. The Kier molecular flexibility index (Phi) is 5.16. The number of aromatic nitrogens is 2. The molecule has 2 heterocycles. The van der Waals surface area contributed by atoms with E-state index in [2.05, 4.69) is 24.0 Å². The summed E-state index contributed by atoms with van der Waals surface area (Å²) in [5.74, 6) is 0. The summed E-state index contributed by atoms with van der Waals surface area (Å²) in [6.07, 6.45) is 5.46. The molecular formula is C18H22Cl2N4. The maximum absolute atomic E-state index is 6.55. The second-order valence-electron chi connectivity index (χ2n) is 6.44. The highest BCUT2D eigenvalue weighted by atomic mass is 35.5. The summed E-state index contributed by atoms with van der Waals surface area (Å²) < 4.78 is 1.70. The first kappa shape index (κ1) is 17.3. The fourth-order valence-electron chi connectivity index (χ4n) is 3.20. The molecule has 0 amide bonds. The Labute approximate surface area is 153 Å². The van der Waals surface area contributed by atoms with E-state index in [0.29, 0.717) is 22.3 Å². The van der Waals surface area contributed by atoms with Gasteiger partial charge in [0.25, 0.3) is 0 Å². The molecule has 128 valence electrons. The van der Waals surface area contributed by atoms with Gasteiger partial charge in [0.2, 0.25) is 0 Å². The fraction of sp³-hybridized carbons (Fsp3) is 0.444. The van der Waals surface area contributed by atoms with E-state index in [1.807, 2.05) is 37.4 Å². The van der Waals surface area contributed by atoms with Gasteiger partial charge in [-0.15, -0.1) is 0 Å². The molecule has 6 heteroatoms. The van der Waals surface area contributed by atoms with E-state index in [-0.39, 0.29) is 0 Å². The third kappa shape index (κ3) is 3.45. The van der Waals surface area contributed by atoms with Crippen molar-refractivity contribution in [3.63, 3.8) is 0 Å². The Morgan fingerprint density at radius 2 is 1.92 bits per heavy atom. The van der Waals surface area contributed by atoms with Crippen molar-refractivity contribution >= 4 is 29.4 Å². The molecule has 0 bridgehead atoms. The summed E-state index contributed by atoms with van der Waals surface area (Å²) in [5.41, 5.74) is 2.54. The van der Waals surface area contributed by atoms with Crippen LogP contribution in [-0.2, 0) is 0 Å². The first-order valence-electron chi connectivity index (χ1n) is 8.30. The predicted octanol–water partition coefficient (Wildman–Crippen LogP) is 5.08. The van der Waals surface area contributed by atoms with Crippen molar-refractivity contribution < 1.29 is 0 Å². The van der Waals surface area contributed by atoms with E-state index in [1.54, 1.807) is 4.68 Å². The van der Waals surface area contributed by atoms with Gasteiger partial charge in [0.15, 0.2) is 0 Å². The summed E-state index contributed by atoms with van der Waals surface area (Å²) in [4.78, 5) is 0. The SMILES string of the molecule is Cc1nn(-c2cccc(Cl)c2)c(Cl)c1/C=N/N1C(C)CCCC1C. The van der Waals surface area contributed by atoms with E-state index in [9.17, 15) is 0 Å². The Balaban J connectivity index is 1.91. The highest BCUT2D eigenvalue weighted by molar-refractivity contribution is 6.32. The maximum Gasteiger partial charge on any atom is 0.142 e. The number of nitrogens with zero attached hydrogens (tertiary/aromatic N) is 4. The van der Waals surface area contributed by atoms with Crippen LogP contribution in [0, 0.1) is 6.92 Å². The van der Waals surface area contributed by atoms with Gasteiger partial charge in [-0.25, -0.2) is 4.68 Å². The lowest BCUT2D eigenvalue weighted by molar-refractivity contribution is 0.109. The first-order chi connectivity index (χ1) is 11.5. The van der Waals surface area contributed by atoms with Crippen molar-refractivity contribution in [2.24, 2.45) is 5.10 Å². The highest BCUT2D eigenvalue weighted by Crippen LogP contribution is 2.26. The molecule has 2 unspecified atom stereocenters. The van der Waals surface area contributed by atoms with Gasteiger partial charge in [0.1, 0.15) is 5.15 Å². The van der Waals surface area contributed by atoms with Gasteiger partial charge < -0.3 is 0 Å². The summed E-state index contributed by atoms with van der Waals surface area (Å²) in [6, 6.07) is 8.39. The smallest absolute Gasteiger partial charge is 0.142 e. The molecule has 1 aromatic heterocycles. The van der Waals surface area contributed by atoms with E-state index in [4.69, 9.17) is 28.3 Å². The topological polar surface area (TPSA) is 33.4 Å². The fourth-order valence-corrected chi connectivity index (χ4v) is 3.70. The molecule has 24 heavy (non-hydrogen) atoms. The van der Waals surface area contributed by atoms with Crippen LogP contribution >= 0.6 is 23.2 Å². The molecule has 1 aliphatic heterocycles. The van der Waals surface area contributed by atoms with Gasteiger partial charge in [-0.3, -0.25) is 5.01 Å². The average molecular weight is 365 g/mol. The molecule has 0 N–H and O–H groups in total.